The summed E-state index contributed by atoms with van der Waals surface area (Å²) in [6, 6.07) is 7.49. The summed E-state index contributed by atoms with van der Waals surface area (Å²) < 4.78 is 1.65. The van der Waals surface area contributed by atoms with Crippen LogP contribution in [0.1, 0.15) is 13.8 Å². The quantitative estimate of drug-likeness (QED) is 0.825. The molecule has 0 saturated heterocycles. The summed E-state index contributed by atoms with van der Waals surface area (Å²) in [6.45, 7) is 3.69. The number of aromatic nitrogens is 2. The average molecular weight is 259 g/mol. The molecule has 5 heteroatoms. The first kappa shape index (κ1) is 13.1. The monoisotopic (exact) mass is 259 g/mol. The first-order valence-corrected chi connectivity index (χ1v) is 6.00. The number of nitrogens with zero attached hydrogens (tertiary/aromatic N) is 2. The van der Waals surface area contributed by atoms with Gasteiger partial charge in [0.15, 0.2) is 0 Å². The Labute approximate surface area is 111 Å². The van der Waals surface area contributed by atoms with Crippen molar-refractivity contribution in [2.45, 2.75) is 20.4 Å². The predicted octanol–water partition coefficient (Wildman–Crippen LogP) is 2.24. The van der Waals surface area contributed by atoms with E-state index in [9.17, 15) is 4.79 Å². The van der Waals surface area contributed by atoms with Gasteiger partial charge in [-0.25, -0.2) is 0 Å². The second-order valence-corrected chi connectivity index (χ2v) is 5.24. The lowest BCUT2D eigenvalue weighted by Gasteiger charge is -2.18. The van der Waals surface area contributed by atoms with Crippen molar-refractivity contribution < 1.29 is 9.90 Å². The highest BCUT2D eigenvalue weighted by atomic mass is 16.4. The minimum absolute atomic E-state index is 0.331. The molecule has 0 aliphatic carbocycles. The van der Waals surface area contributed by atoms with Gasteiger partial charge in [0.05, 0.1) is 18.2 Å². The number of rotatable bonds is 4. The zero-order valence-electron chi connectivity index (χ0n) is 11.0. The minimum Gasteiger partial charge on any atom is -0.481 e. The van der Waals surface area contributed by atoms with E-state index in [1.54, 1.807) is 24.7 Å². The summed E-state index contributed by atoms with van der Waals surface area (Å²) in [5.41, 5.74) is 7.46. The van der Waals surface area contributed by atoms with Crippen molar-refractivity contribution in [3.8, 4) is 11.1 Å². The number of nitrogens with two attached hydrogens (primary N) is 1. The Kier molecular flexibility index (Phi) is 3.29. The molecule has 0 bridgehead atoms. The molecule has 5 nitrogen and oxygen atoms in total. The molecule has 0 saturated carbocycles. The summed E-state index contributed by atoms with van der Waals surface area (Å²) in [5.74, 6) is -0.836. The Hall–Kier alpha value is -2.30. The topological polar surface area (TPSA) is 81.1 Å². The fourth-order valence-electron chi connectivity index (χ4n) is 1.75. The van der Waals surface area contributed by atoms with Crippen molar-refractivity contribution in [3.63, 3.8) is 0 Å². The Morgan fingerprint density at radius 3 is 2.53 bits per heavy atom. The van der Waals surface area contributed by atoms with Crippen LogP contribution < -0.4 is 5.73 Å². The fourth-order valence-corrected chi connectivity index (χ4v) is 1.75. The maximum Gasteiger partial charge on any atom is 0.310 e. The highest BCUT2D eigenvalue weighted by Crippen LogP contribution is 2.22. The number of carbonyl (C=O) groups is 1. The van der Waals surface area contributed by atoms with E-state index in [-0.39, 0.29) is 0 Å². The maximum absolute atomic E-state index is 11.1. The molecule has 100 valence electrons. The summed E-state index contributed by atoms with van der Waals surface area (Å²) in [4.78, 5) is 11.1. The number of aliphatic carboxylic acids is 1. The van der Waals surface area contributed by atoms with E-state index < -0.39 is 11.4 Å². The van der Waals surface area contributed by atoms with E-state index in [1.807, 2.05) is 30.5 Å². The summed E-state index contributed by atoms with van der Waals surface area (Å²) in [5, 5.41) is 13.3. The molecule has 2 rings (SSSR count). The molecule has 19 heavy (non-hydrogen) atoms. The Bertz CT molecular complexity index is 585. The highest BCUT2D eigenvalue weighted by Gasteiger charge is 2.28. The van der Waals surface area contributed by atoms with Gasteiger partial charge in [0, 0.05) is 17.4 Å². The maximum atomic E-state index is 11.1. The molecule has 1 heterocycles. The Morgan fingerprint density at radius 1 is 1.32 bits per heavy atom. The molecule has 0 spiro atoms. The number of anilines is 1. The number of carboxylic acid groups (broad SMARTS) is 1. The summed E-state index contributed by atoms with van der Waals surface area (Å²) in [7, 11) is 0. The lowest BCUT2D eigenvalue weighted by molar-refractivity contribution is -0.147. The van der Waals surface area contributed by atoms with Gasteiger partial charge >= 0.3 is 5.97 Å². The van der Waals surface area contributed by atoms with Gasteiger partial charge in [-0.05, 0) is 31.5 Å². The standard InChI is InChI=1S/C14H17N3O2/c1-14(2,13(18)19)9-17-8-11(7-16-17)10-3-5-12(15)6-4-10/h3-8H,9,15H2,1-2H3,(H,18,19). The second-order valence-electron chi connectivity index (χ2n) is 5.24. The molecule has 0 aliphatic rings. The van der Waals surface area contributed by atoms with Crippen molar-refractivity contribution in [1.29, 1.82) is 0 Å². The third-order valence-electron chi connectivity index (χ3n) is 3.01. The van der Waals surface area contributed by atoms with Crippen LogP contribution >= 0.6 is 0 Å². The summed E-state index contributed by atoms with van der Waals surface area (Å²) in [6.07, 6.45) is 3.57. The average Bonchev–Trinajstić information content (AvgIpc) is 2.77. The van der Waals surface area contributed by atoms with Crippen molar-refractivity contribution in [2.24, 2.45) is 5.41 Å². The zero-order chi connectivity index (χ0) is 14.0. The third kappa shape index (κ3) is 2.93. The molecular formula is C14H17N3O2. The predicted molar refractivity (Wildman–Crippen MR) is 73.5 cm³/mol. The molecule has 1 aromatic heterocycles. The molecule has 0 atom stereocenters. The number of benzene rings is 1. The number of hydrogen-bond acceptors (Lipinski definition) is 3. The molecule has 0 aliphatic heterocycles. The van der Waals surface area contributed by atoms with E-state index in [2.05, 4.69) is 5.10 Å². The van der Waals surface area contributed by atoms with Crippen LogP contribution in [0.5, 0.6) is 0 Å². The van der Waals surface area contributed by atoms with Gasteiger partial charge in [-0.15, -0.1) is 0 Å². The number of carboxylic acids is 1. The first-order valence-electron chi connectivity index (χ1n) is 6.00. The van der Waals surface area contributed by atoms with Crippen LogP contribution in [0.2, 0.25) is 0 Å². The van der Waals surface area contributed by atoms with Gasteiger partial charge in [0.25, 0.3) is 0 Å². The summed E-state index contributed by atoms with van der Waals surface area (Å²) >= 11 is 0. The number of nitrogen functional groups attached to an aromatic ring is 1. The molecule has 0 amide bonds. The first-order chi connectivity index (χ1) is 8.88. The van der Waals surface area contributed by atoms with E-state index in [0.717, 1.165) is 11.1 Å². The van der Waals surface area contributed by atoms with Crippen LogP contribution in [0.15, 0.2) is 36.7 Å². The highest BCUT2D eigenvalue weighted by molar-refractivity contribution is 5.73. The largest absolute Gasteiger partial charge is 0.481 e. The van der Waals surface area contributed by atoms with E-state index in [4.69, 9.17) is 10.8 Å². The molecule has 1 aromatic carbocycles. The molecule has 0 unspecified atom stereocenters. The van der Waals surface area contributed by atoms with Gasteiger partial charge < -0.3 is 10.8 Å². The van der Waals surface area contributed by atoms with E-state index in [1.165, 1.54) is 0 Å². The lowest BCUT2D eigenvalue weighted by atomic mass is 9.94. The van der Waals surface area contributed by atoms with Crippen LogP contribution in [0, 0.1) is 5.41 Å². The van der Waals surface area contributed by atoms with Crippen LogP contribution in [-0.2, 0) is 11.3 Å². The van der Waals surface area contributed by atoms with Gasteiger partial charge in [-0.2, -0.15) is 5.10 Å². The Balaban J connectivity index is 2.20. The molecule has 0 radical (unpaired) electrons. The lowest BCUT2D eigenvalue weighted by Crippen LogP contribution is -2.29. The van der Waals surface area contributed by atoms with Gasteiger partial charge in [-0.3, -0.25) is 9.48 Å². The fraction of sp³-hybridized carbons (Fsp3) is 0.286. The molecule has 3 N–H and O–H groups in total. The van der Waals surface area contributed by atoms with Gasteiger partial charge in [0.1, 0.15) is 0 Å². The van der Waals surface area contributed by atoms with Crippen LogP contribution in [0.4, 0.5) is 5.69 Å². The van der Waals surface area contributed by atoms with Gasteiger partial charge in [0.2, 0.25) is 0 Å². The van der Waals surface area contributed by atoms with Crippen molar-refractivity contribution in [3.05, 3.63) is 36.7 Å². The zero-order valence-corrected chi connectivity index (χ0v) is 11.0. The molecular weight excluding hydrogens is 242 g/mol. The van der Waals surface area contributed by atoms with Crippen LogP contribution in [0.3, 0.4) is 0 Å². The van der Waals surface area contributed by atoms with E-state index >= 15 is 0 Å². The molecule has 2 aromatic rings. The van der Waals surface area contributed by atoms with Gasteiger partial charge in [-0.1, -0.05) is 12.1 Å². The molecule has 0 fully saturated rings. The number of hydrogen-bond donors (Lipinski definition) is 2. The SMILES string of the molecule is CC(C)(Cn1cc(-c2ccc(N)cc2)cn1)C(=O)O. The van der Waals surface area contributed by atoms with Crippen LogP contribution in [0.25, 0.3) is 11.1 Å². The second kappa shape index (κ2) is 4.76. The van der Waals surface area contributed by atoms with Crippen molar-refractivity contribution in [1.82, 2.24) is 9.78 Å². The Morgan fingerprint density at radius 2 is 1.95 bits per heavy atom. The van der Waals surface area contributed by atoms with Crippen molar-refractivity contribution >= 4 is 11.7 Å². The van der Waals surface area contributed by atoms with E-state index in [0.29, 0.717) is 12.2 Å². The van der Waals surface area contributed by atoms with Crippen molar-refractivity contribution in [2.75, 3.05) is 5.73 Å². The van der Waals surface area contributed by atoms with Crippen LogP contribution in [-0.4, -0.2) is 20.9 Å². The third-order valence-corrected chi connectivity index (χ3v) is 3.01. The normalized spacial score (nSPS) is 11.5. The smallest absolute Gasteiger partial charge is 0.310 e. The minimum atomic E-state index is -0.843.